The Hall–Kier alpha value is -3.26. The van der Waals surface area contributed by atoms with E-state index in [0.717, 1.165) is 4.57 Å². The van der Waals surface area contributed by atoms with Crippen molar-refractivity contribution in [3.05, 3.63) is 64.1 Å². The first-order valence-corrected chi connectivity index (χ1v) is 7.96. The first kappa shape index (κ1) is 17.6. The molecule has 0 aliphatic carbocycles. The van der Waals surface area contributed by atoms with Crippen molar-refractivity contribution in [1.82, 2.24) is 15.4 Å². The van der Waals surface area contributed by atoms with Gasteiger partial charge in [0.1, 0.15) is 12.3 Å². The van der Waals surface area contributed by atoms with Crippen molar-refractivity contribution < 1.29 is 18.7 Å². The number of halogens is 1. The van der Waals surface area contributed by atoms with Crippen LogP contribution in [0.5, 0.6) is 5.75 Å². The average Bonchev–Trinajstić information content (AvgIpc) is 2.95. The second-order valence-corrected chi connectivity index (χ2v) is 5.64. The number of amides is 2. The molecule has 1 aromatic heterocycles. The molecule has 0 radical (unpaired) electrons. The van der Waals surface area contributed by atoms with Gasteiger partial charge in [0.15, 0.2) is 12.2 Å². The van der Waals surface area contributed by atoms with Gasteiger partial charge >= 0.3 is 5.76 Å². The SMILES string of the molecule is O=C(COc1ccccc1Cl)NNC(=O)Cn1c(=O)oc2ccccc21. The number of para-hydroxylation sites is 3. The summed E-state index contributed by atoms with van der Waals surface area (Å²) in [5, 5.41) is 0.371. The van der Waals surface area contributed by atoms with Crippen molar-refractivity contribution in [2.24, 2.45) is 0 Å². The van der Waals surface area contributed by atoms with Crippen LogP contribution in [-0.2, 0) is 16.1 Å². The van der Waals surface area contributed by atoms with E-state index in [1.165, 1.54) is 0 Å². The van der Waals surface area contributed by atoms with Gasteiger partial charge in [0.25, 0.3) is 11.8 Å². The number of nitrogens with one attached hydrogen (secondary N) is 2. The quantitative estimate of drug-likeness (QED) is 0.657. The van der Waals surface area contributed by atoms with E-state index in [-0.39, 0.29) is 13.2 Å². The minimum atomic E-state index is -0.658. The Morgan fingerprint density at radius 1 is 1.04 bits per heavy atom. The van der Waals surface area contributed by atoms with Gasteiger partial charge in [-0.2, -0.15) is 0 Å². The molecule has 1 heterocycles. The molecule has 3 rings (SSSR count). The number of rotatable bonds is 5. The molecule has 134 valence electrons. The lowest BCUT2D eigenvalue weighted by Crippen LogP contribution is -2.45. The molecule has 0 fully saturated rings. The van der Waals surface area contributed by atoms with Crippen LogP contribution in [0.4, 0.5) is 0 Å². The lowest BCUT2D eigenvalue weighted by molar-refractivity contribution is -0.130. The fourth-order valence-electron chi connectivity index (χ4n) is 2.23. The first-order chi connectivity index (χ1) is 12.5. The molecule has 0 saturated heterocycles. The molecule has 0 aliphatic rings. The molecular weight excluding hydrogens is 362 g/mol. The summed E-state index contributed by atoms with van der Waals surface area (Å²) in [6, 6.07) is 13.4. The van der Waals surface area contributed by atoms with Crippen LogP contribution in [0.2, 0.25) is 5.02 Å². The van der Waals surface area contributed by atoms with Gasteiger partial charge in [-0.05, 0) is 24.3 Å². The third-order valence-electron chi connectivity index (χ3n) is 3.41. The molecule has 2 aromatic carbocycles. The Morgan fingerprint density at radius 2 is 1.73 bits per heavy atom. The fourth-order valence-corrected chi connectivity index (χ4v) is 2.42. The Balaban J connectivity index is 1.52. The fraction of sp³-hybridized carbons (Fsp3) is 0.118. The summed E-state index contributed by atoms with van der Waals surface area (Å²) >= 11 is 5.91. The van der Waals surface area contributed by atoms with E-state index in [0.29, 0.717) is 21.9 Å². The van der Waals surface area contributed by atoms with E-state index in [2.05, 4.69) is 10.9 Å². The minimum Gasteiger partial charge on any atom is -0.482 e. The summed E-state index contributed by atoms with van der Waals surface area (Å²) in [7, 11) is 0. The zero-order chi connectivity index (χ0) is 18.5. The first-order valence-electron chi connectivity index (χ1n) is 7.58. The molecule has 0 aliphatic heterocycles. The van der Waals surface area contributed by atoms with Crippen molar-refractivity contribution in [3.8, 4) is 5.75 Å². The smallest absolute Gasteiger partial charge is 0.420 e. The minimum absolute atomic E-state index is 0.304. The van der Waals surface area contributed by atoms with Gasteiger partial charge in [-0.15, -0.1) is 0 Å². The van der Waals surface area contributed by atoms with E-state index in [1.54, 1.807) is 48.5 Å². The van der Waals surface area contributed by atoms with E-state index in [4.69, 9.17) is 20.8 Å². The van der Waals surface area contributed by atoms with Crippen LogP contribution < -0.4 is 21.3 Å². The second-order valence-electron chi connectivity index (χ2n) is 5.24. The maximum atomic E-state index is 11.9. The number of hydrogen-bond donors (Lipinski definition) is 2. The van der Waals surface area contributed by atoms with Crippen LogP contribution in [0.25, 0.3) is 11.1 Å². The van der Waals surface area contributed by atoms with Crippen LogP contribution in [0, 0.1) is 0 Å². The average molecular weight is 376 g/mol. The van der Waals surface area contributed by atoms with E-state index in [9.17, 15) is 14.4 Å². The van der Waals surface area contributed by atoms with E-state index < -0.39 is 17.6 Å². The van der Waals surface area contributed by atoms with Crippen LogP contribution >= 0.6 is 11.6 Å². The Bertz CT molecular complexity index is 1010. The highest BCUT2D eigenvalue weighted by atomic mass is 35.5. The highest BCUT2D eigenvalue weighted by Crippen LogP contribution is 2.22. The summed E-state index contributed by atoms with van der Waals surface area (Å²) in [6.45, 7) is -0.639. The number of oxazole rings is 1. The van der Waals surface area contributed by atoms with Crippen molar-refractivity contribution in [1.29, 1.82) is 0 Å². The number of carbonyl (C=O) groups excluding carboxylic acids is 2. The Kier molecular flexibility index (Phi) is 5.23. The third-order valence-corrected chi connectivity index (χ3v) is 3.72. The van der Waals surface area contributed by atoms with Crippen molar-refractivity contribution in [2.45, 2.75) is 6.54 Å². The lowest BCUT2D eigenvalue weighted by atomic mass is 10.3. The van der Waals surface area contributed by atoms with E-state index in [1.807, 2.05) is 0 Å². The van der Waals surface area contributed by atoms with Gasteiger partial charge in [-0.1, -0.05) is 35.9 Å². The lowest BCUT2D eigenvalue weighted by Gasteiger charge is -2.09. The third kappa shape index (κ3) is 4.04. The molecule has 3 aromatic rings. The van der Waals surface area contributed by atoms with E-state index >= 15 is 0 Å². The standard InChI is InChI=1S/C17H14ClN3O5/c18-11-5-1-3-7-13(11)25-10-16(23)20-19-15(22)9-21-12-6-2-4-8-14(12)26-17(21)24/h1-8H,9-10H2,(H,19,22)(H,20,23). The predicted molar refractivity (Wildman–Crippen MR) is 93.7 cm³/mol. The van der Waals surface area contributed by atoms with Crippen LogP contribution in [0.15, 0.2) is 57.7 Å². The maximum absolute atomic E-state index is 11.9. The molecule has 0 bridgehead atoms. The number of aromatic nitrogens is 1. The molecule has 2 amide bonds. The number of fused-ring (bicyclic) bond motifs is 1. The topological polar surface area (TPSA) is 103 Å². The number of ether oxygens (including phenoxy) is 1. The van der Waals surface area contributed by atoms with Crippen LogP contribution in [0.1, 0.15) is 0 Å². The molecule has 0 spiro atoms. The zero-order valence-electron chi connectivity index (χ0n) is 13.4. The molecule has 0 unspecified atom stereocenters. The predicted octanol–water partition coefficient (Wildman–Crippen LogP) is 1.47. The maximum Gasteiger partial charge on any atom is 0.420 e. The normalized spacial score (nSPS) is 10.5. The zero-order valence-corrected chi connectivity index (χ0v) is 14.2. The van der Waals surface area contributed by atoms with Crippen molar-refractivity contribution in [2.75, 3.05) is 6.61 Å². The Labute approximate surface area is 152 Å². The molecule has 9 heteroatoms. The summed E-state index contributed by atoms with van der Waals surface area (Å²) in [5.41, 5.74) is 5.27. The largest absolute Gasteiger partial charge is 0.482 e. The van der Waals surface area contributed by atoms with Gasteiger partial charge in [0, 0.05) is 0 Å². The van der Waals surface area contributed by atoms with Gasteiger partial charge in [0.05, 0.1) is 10.5 Å². The molecule has 8 nitrogen and oxygen atoms in total. The highest BCUT2D eigenvalue weighted by Gasteiger charge is 2.13. The van der Waals surface area contributed by atoms with Crippen molar-refractivity contribution in [3.63, 3.8) is 0 Å². The number of hydrogen-bond acceptors (Lipinski definition) is 5. The number of carbonyl (C=O) groups is 2. The molecular formula is C17H14ClN3O5. The summed E-state index contributed by atoms with van der Waals surface area (Å²) in [4.78, 5) is 35.5. The van der Waals surface area contributed by atoms with Crippen LogP contribution in [-0.4, -0.2) is 23.0 Å². The van der Waals surface area contributed by atoms with Crippen LogP contribution in [0.3, 0.4) is 0 Å². The summed E-state index contributed by atoms with van der Waals surface area (Å²) in [6.07, 6.45) is 0. The molecule has 26 heavy (non-hydrogen) atoms. The van der Waals surface area contributed by atoms with Gasteiger partial charge in [0.2, 0.25) is 0 Å². The number of benzene rings is 2. The number of hydrazine groups is 1. The van der Waals surface area contributed by atoms with Gasteiger partial charge in [-0.3, -0.25) is 25.0 Å². The van der Waals surface area contributed by atoms with Crippen molar-refractivity contribution >= 4 is 34.5 Å². The molecule has 0 atom stereocenters. The van der Waals surface area contributed by atoms with Gasteiger partial charge < -0.3 is 9.15 Å². The monoisotopic (exact) mass is 375 g/mol. The van der Waals surface area contributed by atoms with Gasteiger partial charge in [-0.25, -0.2) is 4.79 Å². The summed E-state index contributed by atoms with van der Waals surface area (Å²) < 4.78 is 11.4. The molecule has 2 N–H and O–H groups in total. The summed E-state index contributed by atoms with van der Waals surface area (Å²) in [5.74, 6) is -1.48. The second kappa shape index (κ2) is 7.75. The number of nitrogens with zero attached hydrogens (tertiary/aromatic N) is 1. The Morgan fingerprint density at radius 3 is 2.54 bits per heavy atom. The molecule has 0 saturated carbocycles. The highest BCUT2D eigenvalue weighted by molar-refractivity contribution is 6.32.